The first-order valence-corrected chi connectivity index (χ1v) is 7.40. The Morgan fingerprint density at radius 3 is 2.26 bits per heavy atom. The van der Waals surface area contributed by atoms with E-state index in [1.54, 1.807) is 0 Å². The minimum atomic E-state index is -0.877. The van der Waals surface area contributed by atoms with E-state index in [2.05, 4.69) is 10.6 Å². The monoisotopic (exact) mass is 270 g/mol. The van der Waals surface area contributed by atoms with Gasteiger partial charge in [0.25, 0.3) is 0 Å². The van der Waals surface area contributed by atoms with Crippen LogP contribution in [0, 0.1) is 0 Å². The smallest absolute Gasteiger partial charge is 0.315 e. The van der Waals surface area contributed by atoms with Gasteiger partial charge in [-0.25, -0.2) is 4.79 Å². The minimum Gasteiger partial charge on any atom is -0.481 e. The molecule has 1 fully saturated rings. The molecule has 1 aliphatic carbocycles. The first-order chi connectivity index (χ1) is 9.11. The predicted molar refractivity (Wildman–Crippen MR) is 74.1 cm³/mol. The van der Waals surface area contributed by atoms with Crippen LogP contribution in [0.2, 0.25) is 0 Å². The van der Waals surface area contributed by atoms with E-state index in [9.17, 15) is 9.59 Å². The van der Waals surface area contributed by atoms with Gasteiger partial charge in [0.2, 0.25) is 0 Å². The number of carboxylic acids is 1. The van der Waals surface area contributed by atoms with Crippen molar-refractivity contribution in [1.29, 1.82) is 0 Å². The van der Waals surface area contributed by atoms with E-state index in [4.69, 9.17) is 5.11 Å². The van der Waals surface area contributed by atoms with E-state index in [-0.39, 0.29) is 24.5 Å². The molecule has 0 aromatic carbocycles. The maximum Gasteiger partial charge on any atom is 0.315 e. The SMILES string of the molecule is CCC(CC(=O)O)NC(=O)NC1CCCCCCC1. The van der Waals surface area contributed by atoms with Crippen molar-refractivity contribution in [3.05, 3.63) is 0 Å². The van der Waals surface area contributed by atoms with Gasteiger partial charge in [-0.15, -0.1) is 0 Å². The van der Waals surface area contributed by atoms with Crippen molar-refractivity contribution in [2.45, 2.75) is 76.8 Å². The highest BCUT2D eigenvalue weighted by Gasteiger charge is 2.17. The average molecular weight is 270 g/mol. The molecule has 0 spiro atoms. The number of carboxylic acid groups (broad SMARTS) is 1. The lowest BCUT2D eigenvalue weighted by atomic mass is 9.97. The fourth-order valence-electron chi connectivity index (χ4n) is 2.52. The fraction of sp³-hybridized carbons (Fsp3) is 0.857. The lowest BCUT2D eigenvalue weighted by molar-refractivity contribution is -0.137. The molecule has 5 heteroatoms. The lowest BCUT2D eigenvalue weighted by Gasteiger charge is -2.23. The van der Waals surface area contributed by atoms with Crippen LogP contribution in [-0.4, -0.2) is 29.2 Å². The molecule has 1 atom stereocenters. The summed E-state index contributed by atoms with van der Waals surface area (Å²) in [6, 6.07) is -0.271. The molecule has 2 amide bonds. The number of urea groups is 1. The number of carbonyl (C=O) groups is 2. The third-order valence-electron chi connectivity index (χ3n) is 3.69. The van der Waals surface area contributed by atoms with Gasteiger partial charge in [-0.3, -0.25) is 4.79 Å². The predicted octanol–water partition coefficient (Wildman–Crippen LogP) is 2.65. The molecule has 0 aliphatic heterocycles. The Morgan fingerprint density at radius 1 is 1.16 bits per heavy atom. The Labute approximate surface area is 115 Å². The summed E-state index contributed by atoms with van der Waals surface area (Å²) in [5.41, 5.74) is 0. The molecular weight excluding hydrogens is 244 g/mol. The topological polar surface area (TPSA) is 78.4 Å². The van der Waals surface area contributed by atoms with Gasteiger partial charge in [0, 0.05) is 12.1 Å². The Balaban J connectivity index is 2.33. The molecule has 1 unspecified atom stereocenters. The summed E-state index contributed by atoms with van der Waals surface area (Å²) >= 11 is 0. The van der Waals surface area contributed by atoms with Crippen LogP contribution in [-0.2, 0) is 4.79 Å². The summed E-state index contributed by atoms with van der Waals surface area (Å²) in [4.78, 5) is 22.5. The maximum atomic E-state index is 11.8. The molecule has 3 N–H and O–H groups in total. The molecule has 0 radical (unpaired) electrons. The second kappa shape index (κ2) is 8.77. The van der Waals surface area contributed by atoms with Crippen LogP contribution >= 0.6 is 0 Å². The van der Waals surface area contributed by atoms with Gasteiger partial charge >= 0.3 is 12.0 Å². The molecule has 0 saturated heterocycles. The van der Waals surface area contributed by atoms with Crippen LogP contribution in [0.25, 0.3) is 0 Å². The van der Waals surface area contributed by atoms with Gasteiger partial charge in [-0.2, -0.15) is 0 Å². The summed E-state index contributed by atoms with van der Waals surface area (Å²) in [6.45, 7) is 1.88. The number of hydrogen-bond acceptors (Lipinski definition) is 2. The summed E-state index contributed by atoms with van der Waals surface area (Å²) < 4.78 is 0. The molecule has 1 rings (SSSR count). The van der Waals surface area contributed by atoms with E-state index >= 15 is 0 Å². The molecule has 0 aromatic rings. The Kier molecular flexibility index (Phi) is 7.30. The largest absolute Gasteiger partial charge is 0.481 e. The van der Waals surface area contributed by atoms with Gasteiger partial charge in [0.1, 0.15) is 0 Å². The first-order valence-electron chi connectivity index (χ1n) is 7.40. The number of rotatable bonds is 5. The van der Waals surface area contributed by atoms with Crippen LogP contribution < -0.4 is 10.6 Å². The van der Waals surface area contributed by atoms with Gasteiger partial charge < -0.3 is 15.7 Å². The van der Waals surface area contributed by atoms with Crippen LogP contribution in [0.15, 0.2) is 0 Å². The quantitative estimate of drug-likeness (QED) is 0.718. The number of hydrogen-bond donors (Lipinski definition) is 3. The number of aliphatic carboxylic acids is 1. The van der Waals surface area contributed by atoms with Crippen LogP contribution in [0.3, 0.4) is 0 Å². The number of carbonyl (C=O) groups excluding carboxylic acids is 1. The zero-order valence-corrected chi connectivity index (χ0v) is 11.8. The lowest BCUT2D eigenvalue weighted by Crippen LogP contribution is -2.46. The summed E-state index contributed by atoms with van der Waals surface area (Å²) in [6.07, 6.45) is 8.79. The van der Waals surface area contributed by atoms with Crippen molar-refractivity contribution in [2.75, 3.05) is 0 Å². The number of nitrogens with one attached hydrogen (secondary N) is 2. The highest BCUT2D eigenvalue weighted by Crippen LogP contribution is 2.17. The van der Waals surface area contributed by atoms with Crippen molar-refractivity contribution < 1.29 is 14.7 Å². The minimum absolute atomic E-state index is 0.0193. The van der Waals surface area contributed by atoms with Crippen LogP contribution in [0.5, 0.6) is 0 Å². The van der Waals surface area contributed by atoms with Crippen molar-refractivity contribution in [1.82, 2.24) is 10.6 Å². The Hall–Kier alpha value is -1.26. The third kappa shape index (κ3) is 7.03. The van der Waals surface area contributed by atoms with Crippen LogP contribution in [0.4, 0.5) is 4.79 Å². The van der Waals surface area contributed by atoms with Crippen molar-refractivity contribution in [3.63, 3.8) is 0 Å². The summed E-state index contributed by atoms with van der Waals surface area (Å²) in [5, 5.41) is 14.5. The van der Waals surface area contributed by atoms with E-state index in [0.29, 0.717) is 6.42 Å². The Bertz CT molecular complexity index is 286. The second-order valence-electron chi connectivity index (χ2n) is 5.36. The molecule has 5 nitrogen and oxygen atoms in total. The third-order valence-corrected chi connectivity index (χ3v) is 3.69. The van der Waals surface area contributed by atoms with E-state index in [1.807, 2.05) is 6.92 Å². The molecule has 1 saturated carbocycles. The van der Waals surface area contributed by atoms with Crippen molar-refractivity contribution >= 4 is 12.0 Å². The molecule has 0 bridgehead atoms. The van der Waals surface area contributed by atoms with E-state index < -0.39 is 5.97 Å². The molecule has 0 heterocycles. The average Bonchev–Trinajstić information content (AvgIpc) is 2.31. The molecular formula is C14H26N2O3. The molecule has 19 heavy (non-hydrogen) atoms. The zero-order chi connectivity index (χ0) is 14.1. The van der Waals surface area contributed by atoms with Gasteiger partial charge in [-0.05, 0) is 19.3 Å². The van der Waals surface area contributed by atoms with Crippen molar-refractivity contribution in [3.8, 4) is 0 Å². The Morgan fingerprint density at radius 2 is 1.74 bits per heavy atom. The molecule has 1 aliphatic rings. The van der Waals surface area contributed by atoms with Crippen LogP contribution in [0.1, 0.15) is 64.7 Å². The standard InChI is InChI=1S/C14H26N2O3/c1-2-11(10-13(17)18)15-14(19)16-12-8-6-4-3-5-7-9-12/h11-12H,2-10H2,1H3,(H,17,18)(H2,15,16,19). The number of amides is 2. The van der Waals surface area contributed by atoms with E-state index in [0.717, 1.165) is 25.7 Å². The van der Waals surface area contributed by atoms with Gasteiger partial charge in [0.05, 0.1) is 6.42 Å². The zero-order valence-electron chi connectivity index (χ0n) is 11.8. The normalized spacial score (nSPS) is 19.0. The highest BCUT2D eigenvalue weighted by molar-refractivity contribution is 5.76. The first kappa shape index (κ1) is 15.8. The second-order valence-corrected chi connectivity index (χ2v) is 5.36. The van der Waals surface area contributed by atoms with Crippen molar-refractivity contribution in [2.24, 2.45) is 0 Å². The molecule has 0 aromatic heterocycles. The maximum absolute atomic E-state index is 11.8. The summed E-state index contributed by atoms with van der Waals surface area (Å²) in [5.74, 6) is -0.877. The van der Waals surface area contributed by atoms with Gasteiger partial charge in [0.15, 0.2) is 0 Å². The fourth-order valence-corrected chi connectivity index (χ4v) is 2.52. The summed E-state index contributed by atoms with van der Waals surface area (Å²) in [7, 11) is 0. The van der Waals surface area contributed by atoms with E-state index in [1.165, 1.54) is 19.3 Å². The molecule has 110 valence electrons. The van der Waals surface area contributed by atoms with Gasteiger partial charge in [-0.1, -0.05) is 39.0 Å². The highest BCUT2D eigenvalue weighted by atomic mass is 16.4.